The molecule has 32 heavy (non-hydrogen) atoms. The topological polar surface area (TPSA) is 194 Å². The van der Waals surface area contributed by atoms with Crippen LogP contribution in [0, 0.1) is 6.92 Å². The fourth-order valence-electron chi connectivity index (χ4n) is 3.62. The predicted molar refractivity (Wildman–Crippen MR) is 103 cm³/mol. The van der Waals surface area contributed by atoms with Gasteiger partial charge in [0, 0.05) is 18.2 Å². The van der Waals surface area contributed by atoms with Crippen LogP contribution in [0.3, 0.4) is 0 Å². The summed E-state index contributed by atoms with van der Waals surface area (Å²) < 4.78 is 19.0. The van der Waals surface area contributed by atoms with Crippen molar-refractivity contribution in [3.8, 4) is 0 Å². The number of aryl methyl sites for hydroxylation is 1. The first kappa shape index (κ1) is 22.7. The molecule has 2 aromatic heterocycles. The standard InChI is InChI=1S/C18H25N5O9/c1-8-3-23(18(29)19-16(8)28)13-2-10(24)12(32-13)5-22-4-9(20-21-22)6-30-17-15(27)14(26)11(25)7-31-17/h3-4,10-15,17,24-27H,2,5-7H2,1H3,(H,19,28,29)/t10-,11+,12+,13+,14+,15+,17+/m0/s1. The zero-order chi connectivity index (χ0) is 23.0. The van der Waals surface area contributed by atoms with Crippen LogP contribution in [0.1, 0.15) is 23.9 Å². The molecule has 0 aliphatic carbocycles. The van der Waals surface area contributed by atoms with Gasteiger partial charge in [0.25, 0.3) is 5.56 Å². The monoisotopic (exact) mass is 455 g/mol. The highest BCUT2D eigenvalue weighted by molar-refractivity contribution is 5.02. The van der Waals surface area contributed by atoms with Gasteiger partial charge in [-0.15, -0.1) is 5.10 Å². The number of nitrogens with one attached hydrogen (secondary N) is 1. The molecule has 4 rings (SSSR count). The number of hydrogen-bond donors (Lipinski definition) is 5. The summed E-state index contributed by atoms with van der Waals surface area (Å²) in [6.45, 7) is 1.46. The molecule has 14 heteroatoms. The maximum atomic E-state index is 12.1. The van der Waals surface area contributed by atoms with E-state index >= 15 is 0 Å². The first-order valence-corrected chi connectivity index (χ1v) is 10.0. The van der Waals surface area contributed by atoms with Gasteiger partial charge in [0.1, 0.15) is 36.3 Å². The third kappa shape index (κ3) is 4.66. The molecular formula is C18H25N5O9. The summed E-state index contributed by atoms with van der Waals surface area (Å²) in [6, 6.07) is 0. The Bertz CT molecular complexity index is 1050. The second-order valence-corrected chi connectivity index (χ2v) is 7.90. The Morgan fingerprint density at radius 3 is 2.75 bits per heavy atom. The summed E-state index contributed by atoms with van der Waals surface area (Å²) >= 11 is 0. The van der Waals surface area contributed by atoms with Crippen LogP contribution >= 0.6 is 0 Å². The van der Waals surface area contributed by atoms with E-state index in [-0.39, 0.29) is 26.2 Å². The van der Waals surface area contributed by atoms with Gasteiger partial charge >= 0.3 is 5.69 Å². The van der Waals surface area contributed by atoms with Gasteiger partial charge < -0.3 is 34.6 Å². The molecule has 14 nitrogen and oxygen atoms in total. The Balaban J connectivity index is 1.34. The molecule has 176 valence electrons. The number of rotatable bonds is 6. The molecule has 7 atom stereocenters. The molecule has 0 radical (unpaired) electrons. The van der Waals surface area contributed by atoms with Gasteiger partial charge in [0.2, 0.25) is 0 Å². The Morgan fingerprint density at radius 1 is 1.19 bits per heavy atom. The maximum absolute atomic E-state index is 12.1. The van der Waals surface area contributed by atoms with Gasteiger partial charge in [-0.25, -0.2) is 9.48 Å². The molecule has 0 spiro atoms. The zero-order valence-electron chi connectivity index (χ0n) is 17.1. The normalized spacial score (nSPS) is 33.0. The molecule has 0 unspecified atom stereocenters. The summed E-state index contributed by atoms with van der Waals surface area (Å²) in [6.07, 6.45) is -4.28. The lowest BCUT2D eigenvalue weighted by Gasteiger charge is -2.34. The second-order valence-electron chi connectivity index (χ2n) is 7.90. The van der Waals surface area contributed by atoms with E-state index < -0.39 is 54.3 Å². The second kappa shape index (κ2) is 9.19. The first-order valence-electron chi connectivity index (χ1n) is 10.0. The van der Waals surface area contributed by atoms with E-state index in [0.717, 1.165) is 0 Å². The summed E-state index contributed by atoms with van der Waals surface area (Å²) in [4.78, 5) is 25.8. The fraction of sp³-hybridized carbons (Fsp3) is 0.667. The van der Waals surface area contributed by atoms with Crippen LogP contribution in [-0.4, -0.2) is 88.4 Å². The summed E-state index contributed by atoms with van der Waals surface area (Å²) in [5.74, 6) is 0. The molecule has 4 heterocycles. The van der Waals surface area contributed by atoms with Crippen LogP contribution in [0.5, 0.6) is 0 Å². The molecule has 2 aliphatic rings. The van der Waals surface area contributed by atoms with Gasteiger partial charge in [-0.2, -0.15) is 0 Å². The van der Waals surface area contributed by atoms with Gasteiger partial charge in [0.15, 0.2) is 6.29 Å². The highest BCUT2D eigenvalue weighted by Gasteiger charge is 2.38. The Morgan fingerprint density at radius 2 is 1.97 bits per heavy atom. The molecule has 2 fully saturated rings. The minimum absolute atomic E-state index is 0.0761. The Hall–Kier alpha value is -2.46. The molecular weight excluding hydrogens is 430 g/mol. The van der Waals surface area contributed by atoms with E-state index in [0.29, 0.717) is 11.3 Å². The largest absolute Gasteiger partial charge is 0.390 e. The van der Waals surface area contributed by atoms with E-state index in [2.05, 4.69) is 15.3 Å². The number of nitrogens with zero attached hydrogens (tertiary/aromatic N) is 4. The van der Waals surface area contributed by atoms with E-state index in [9.17, 15) is 30.0 Å². The average Bonchev–Trinajstić information content (AvgIpc) is 3.35. The lowest BCUT2D eigenvalue weighted by molar-refractivity contribution is -0.273. The molecule has 2 saturated heterocycles. The lowest BCUT2D eigenvalue weighted by Crippen LogP contribution is -2.53. The molecule has 0 saturated carbocycles. The molecule has 0 amide bonds. The fourth-order valence-corrected chi connectivity index (χ4v) is 3.62. The first-order chi connectivity index (χ1) is 15.2. The average molecular weight is 455 g/mol. The van der Waals surface area contributed by atoms with Crippen LogP contribution in [-0.2, 0) is 27.4 Å². The van der Waals surface area contributed by atoms with Crippen molar-refractivity contribution in [1.82, 2.24) is 24.5 Å². The lowest BCUT2D eigenvalue weighted by atomic mass is 10.1. The van der Waals surface area contributed by atoms with E-state index in [1.807, 2.05) is 0 Å². The van der Waals surface area contributed by atoms with Crippen LogP contribution < -0.4 is 11.2 Å². The molecule has 2 aromatic rings. The molecule has 2 aliphatic heterocycles. The Labute approximate surface area is 180 Å². The van der Waals surface area contributed by atoms with Gasteiger partial charge in [-0.05, 0) is 6.92 Å². The van der Waals surface area contributed by atoms with E-state index in [4.69, 9.17) is 14.2 Å². The van der Waals surface area contributed by atoms with Crippen LogP contribution in [0.25, 0.3) is 0 Å². The van der Waals surface area contributed by atoms with Gasteiger partial charge in [-0.3, -0.25) is 14.3 Å². The number of aromatic nitrogens is 5. The maximum Gasteiger partial charge on any atom is 0.330 e. The van der Waals surface area contributed by atoms with Crippen LogP contribution in [0.15, 0.2) is 22.0 Å². The van der Waals surface area contributed by atoms with Crippen molar-refractivity contribution in [1.29, 1.82) is 0 Å². The minimum atomic E-state index is -1.41. The van der Waals surface area contributed by atoms with Crippen molar-refractivity contribution in [2.45, 2.75) is 69.5 Å². The highest BCUT2D eigenvalue weighted by Crippen LogP contribution is 2.28. The van der Waals surface area contributed by atoms with E-state index in [1.165, 1.54) is 15.4 Å². The third-order valence-electron chi connectivity index (χ3n) is 5.46. The van der Waals surface area contributed by atoms with Gasteiger partial charge in [0.05, 0.1) is 32.1 Å². The van der Waals surface area contributed by atoms with Crippen molar-refractivity contribution >= 4 is 0 Å². The van der Waals surface area contributed by atoms with Crippen molar-refractivity contribution in [3.05, 3.63) is 44.5 Å². The third-order valence-corrected chi connectivity index (χ3v) is 5.46. The quantitative estimate of drug-likeness (QED) is 0.293. The smallest absolute Gasteiger partial charge is 0.330 e. The molecule has 5 N–H and O–H groups in total. The van der Waals surface area contributed by atoms with E-state index in [1.54, 1.807) is 13.1 Å². The summed E-state index contributed by atoms with van der Waals surface area (Å²) in [5, 5.41) is 47.3. The number of aliphatic hydroxyl groups is 4. The zero-order valence-corrected chi connectivity index (χ0v) is 17.1. The van der Waals surface area contributed by atoms with Crippen LogP contribution in [0.2, 0.25) is 0 Å². The number of ether oxygens (including phenoxy) is 3. The van der Waals surface area contributed by atoms with Crippen molar-refractivity contribution < 1.29 is 34.6 Å². The number of hydrogen-bond acceptors (Lipinski definition) is 11. The van der Waals surface area contributed by atoms with Crippen LogP contribution in [0.4, 0.5) is 0 Å². The number of aromatic amines is 1. The molecule has 0 aromatic carbocycles. The minimum Gasteiger partial charge on any atom is -0.390 e. The van der Waals surface area contributed by atoms with Crippen molar-refractivity contribution in [2.24, 2.45) is 0 Å². The molecule has 0 bridgehead atoms. The SMILES string of the molecule is Cc1cn([C@H]2C[C@H](O)[C@@H](Cn3cc(CO[C@@H]4OC[C@@H](O)[C@@H](O)[C@H]4O)nn3)O2)c(=O)[nH]c1=O. The highest BCUT2D eigenvalue weighted by atomic mass is 16.7. The predicted octanol–water partition coefficient (Wildman–Crippen LogP) is -3.26. The van der Waals surface area contributed by atoms with Crippen molar-refractivity contribution in [2.75, 3.05) is 6.61 Å². The summed E-state index contributed by atoms with van der Waals surface area (Å²) in [7, 11) is 0. The number of H-pyrrole nitrogens is 1. The Kier molecular flexibility index (Phi) is 6.52. The van der Waals surface area contributed by atoms with Gasteiger partial charge in [-0.1, -0.05) is 5.21 Å². The van der Waals surface area contributed by atoms with Crippen molar-refractivity contribution in [3.63, 3.8) is 0 Å². The number of aliphatic hydroxyl groups excluding tert-OH is 4. The summed E-state index contributed by atoms with van der Waals surface area (Å²) in [5.41, 5.74) is -0.349.